The molecule has 0 N–H and O–H groups in total. The van der Waals surface area contributed by atoms with Gasteiger partial charge in [-0.3, -0.25) is 0 Å². The third-order valence-corrected chi connectivity index (χ3v) is 4.47. The molecule has 30 heavy (non-hydrogen) atoms. The SMILES string of the molecule is CCN(C)C=Nc1cc(C(F)(F)F)c(C(=O)OCc2ccc(C)c(F)c2F)cc1C. The molecule has 0 atom stereocenters. The van der Waals surface area contributed by atoms with Gasteiger partial charge in [-0.15, -0.1) is 0 Å². The van der Waals surface area contributed by atoms with Crippen molar-refractivity contribution in [3.8, 4) is 0 Å². The van der Waals surface area contributed by atoms with Crippen LogP contribution in [0.3, 0.4) is 0 Å². The second-order valence-corrected chi connectivity index (χ2v) is 6.75. The average molecular weight is 428 g/mol. The zero-order valence-corrected chi connectivity index (χ0v) is 16.9. The lowest BCUT2D eigenvalue weighted by molar-refractivity contribution is -0.138. The van der Waals surface area contributed by atoms with Crippen LogP contribution in [-0.2, 0) is 17.5 Å². The second-order valence-electron chi connectivity index (χ2n) is 6.75. The molecule has 4 nitrogen and oxygen atoms in total. The number of esters is 1. The number of hydrogen-bond donors (Lipinski definition) is 0. The highest BCUT2D eigenvalue weighted by Crippen LogP contribution is 2.36. The number of hydrogen-bond acceptors (Lipinski definition) is 3. The Bertz CT molecular complexity index is 971. The van der Waals surface area contributed by atoms with Gasteiger partial charge in [0.25, 0.3) is 0 Å². The fourth-order valence-electron chi connectivity index (χ4n) is 2.50. The molecule has 0 saturated heterocycles. The van der Waals surface area contributed by atoms with E-state index in [9.17, 15) is 26.7 Å². The number of ether oxygens (including phenoxy) is 1. The molecule has 2 rings (SSSR count). The molecule has 0 aliphatic rings. The van der Waals surface area contributed by atoms with Gasteiger partial charge in [-0.05, 0) is 44.0 Å². The lowest BCUT2D eigenvalue weighted by Crippen LogP contribution is -2.16. The van der Waals surface area contributed by atoms with E-state index < -0.39 is 41.5 Å². The van der Waals surface area contributed by atoms with E-state index in [-0.39, 0.29) is 16.8 Å². The van der Waals surface area contributed by atoms with E-state index in [4.69, 9.17) is 4.74 Å². The normalized spacial score (nSPS) is 11.8. The summed E-state index contributed by atoms with van der Waals surface area (Å²) >= 11 is 0. The van der Waals surface area contributed by atoms with E-state index >= 15 is 0 Å². The molecule has 0 aromatic heterocycles. The van der Waals surface area contributed by atoms with E-state index in [1.807, 2.05) is 6.92 Å². The molecule has 0 unspecified atom stereocenters. The third-order valence-electron chi connectivity index (χ3n) is 4.47. The van der Waals surface area contributed by atoms with Crippen molar-refractivity contribution < 1.29 is 31.5 Å². The number of alkyl halides is 3. The maximum Gasteiger partial charge on any atom is 0.417 e. The summed E-state index contributed by atoms with van der Waals surface area (Å²) in [5.41, 5.74) is -1.80. The minimum atomic E-state index is -4.84. The fourth-order valence-corrected chi connectivity index (χ4v) is 2.50. The van der Waals surface area contributed by atoms with Gasteiger partial charge < -0.3 is 9.64 Å². The van der Waals surface area contributed by atoms with Gasteiger partial charge in [-0.1, -0.05) is 12.1 Å². The molecule has 0 saturated carbocycles. The van der Waals surface area contributed by atoms with Crippen molar-refractivity contribution in [2.75, 3.05) is 13.6 Å². The first-order chi connectivity index (χ1) is 14.0. The van der Waals surface area contributed by atoms with Gasteiger partial charge in [0.1, 0.15) is 6.61 Å². The smallest absolute Gasteiger partial charge is 0.417 e. The Labute approximate surface area is 171 Å². The van der Waals surface area contributed by atoms with Crippen LogP contribution in [0.2, 0.25) is 0 Å². The van der Waals surface area contributed by atoms with E-state index in [2.05, 4.69) is 4.99 Å². The number of carbonyl (C=O) groups excluding carboxylic acids is 1. The number of halogens is 5. The Morgan fingerprint density at radius 2 is 1.80 bits per heavy atom. The van der Waals surface area contributed by atoms with Gasteiger partial charge in [-0.25, -0.2) is 18.6 Å². The van der Waals surface area contributed by atoms with Gasteiger partial charge in [0.2, 0.25) is 0 Å². The molecule has 0 radical (unpaired) electrons. The van der Waals surface area contributed by atoms with E-state index in [0.29, 0.717) is 12.1 Å². The minimum Gasteiger partial charge on any atom is -0.457 e. The summed E-state index contributed by atoms with van der Waals surface area (Å²) in [7, 11) is 1.71. The van der Waals surface area contributed by atoms with Crippen molar-refractivity contribution in [2.45, 2.75) is 33.6 Å². The predicted molar refractivity (Wildman–Crippen MR) is 103 cm³/mol. The van der Waals surface area contributed by atoms with Crippen molar-refractivity contribution in [1.29, 1.82) is 0 Å². The Balaban J connectivity index is 2.35. The maximum absolute atomic E-state index is 13.9. The topological polar surface area (TPSA) is 41.9 Å². The summed E-state index contributed by atoms with van der Waals surface area (Å²) in [5.74, 6) is -3.61. The quantitative estimate of drug-likeness (QED) is 0.262. The molecule has 0 aliphatic heterocycles. The van der Waals surface area contributed by atoms with Gasteiger partial charge in [0.05, 0.1) is 23.2 Å². The summed E-state index contributed by atoms with van der Waals surface area (Å²) < 4.78 is 73.0. The third kappa shape index (κ3) is 5.34. The van der Waals surface area contributed by atoms with Crippen molar-refractivity contribution in [3.63, 3.8) is 0 Å². The van der Waals surface area contributed by atoms with E-state index in [1.54, 1.807) is 11.9 Å². The lowest BCUT2D eigenvalue weighted by Gasteiger charge is -2.16. The molecular formula is C21H21F5N2O2. The predicted octanol–water partition coefficient (Wildman–Crippen LogP) is 5.57. The van der Waals surface area contributed by atoms with Crippen molar-refractivity contribution in [1.82, 2.24) is 4.90 Å². The number of aliphatic imine (C=N–C) groups is 1. The van der Waals surface area contributed by atoms with Gasteiger partial charge in [0.15, 0.2) is 11.6 Å². The number of nitrogens with zero attached hydrogens (tertiary/aromatic N) is 2. The van der Waals surface area contributed by atoms with Crippen LogP contribution in [0.15, 0.2) is 29.3 Å². The highest BCUT2D eigenvalue weighted by molar-refractivity contribution is 5.92. The van der Waals surface area contributed by atoms with Crippen LogP contribution in [0.25, 0.3) is 0 Å². The van der Waals surface area contributed by atoms with Crippen LogP contribution in [-0.4, -0.2) is 30.8 Å². The minimum absolute atomic E-state index is 0.0471. The number of carbonyl (C=O) groups is 1. The molecule has 0 fully saturated rings. The zero-order chi connectivity index (χ0) is 22.6. The molecule has 9 heteroatoms. The van der Waals surface area contributed by atoms with Crippen molar-refractivity contribution >= 4 is 18.0 Å². The first kappa shape index (κ1) is 23.3. The molecule has 162 valence electrons. The maximum atomic E-state index is 13.9. The molecule has 0 bridgehead atoms. The molecule has 2 aromatic carbocycles. The Morgan fingerprint density at radius 3 is 2.40 bits per heavy atom. The molecule has 0 spiro atoms. The summed E-state index contributed by atoms with van der Waals surface area (Å²) in [5, 5.41) is 0. The van der Waals surface area contributed by atoms with Crippen LogP contribution in [0, 0.1) is 25.5 Å². The standard InChI is InChI=1S/C21H21F5N2O2/c1-5-28(4)11-27-17-9-16(21(24,25)26)15(8-13(17)3)20(29)30-10-14-7-6-12(2)18(22)19(14)23/h6-9,11H,5,10H2,1-4H3. The molecular weight excluding hydrogens is 407 g/mol. The first-order valence-corrected chi connectivity index (χ1v) is 9.02. The highest BCUT2D eigenvalue weighted by atomic mass is 19.4. The highest BCUT2D eigenvalue weighted by Gasteiger charge is 2.36. The van der Waals surface area contributed by atoms with Crippen LogP contribution < -0.4 is 0 Å². The monoisotopic (exact) mass is 428 g/mol. The Hall–Kier alpha value is -2.97. The Morgan fingerprint density at radius 1 is 1.13 bits per heavy atom. The van der Waals surface area contributed by atoms with Crippen LogP contribution in [0.5, 0.6) is 0 Å². The van der Waals surface area contributed by atoms with Crippen LogP contribution in [0.4, 0.5) is 27.6 Å². The molecule has 0 aliphatic carbocycles. The first-order valence-electron chi connectivity index (χ1n) is 9.02. The van der Waals surface area contributed by atoms with Crippen LogP contribution in [0.1, 0.15) is 39.5 Å². The number of aryl methyl sites for hydroxylation is 2. The largest absolute Gasteiger partial charge is 0.457 e. The van der Waals surface area contributed by atoms with Crippen molar-refractivity contribution in [3.05, 3.63) is 63.7 Å². The second kappa shape index (κ2) is 9.23. The van der Waals surface area contributed by atoms with Gasteiger partial charge >= 0.3 is 12.1 Å². The molecule has 0 heterocycles. The molecule has 0 amide bonds. The average Bonchev–Trinajstić information content (AvgIpc) is 2.68. The van der Waals surface area contributed by atoms with E-state index in [0.717, 1.165) is 12.1 Å². The van der Waals surface area contributed by atoms with E-state index in [1.165, 1.54) is 32.3 Å². The van der Waals surface area contributed by atoms with Gasteiger partial charge in [0, 0.05) is 19.2 Å². The zero-order valence-electron chi connectivity index (χ0n) is 16.9. The number of rotatable bonds is 6. The Kier molecular flexibility index (Phi) is 7.17. The lowest BCUT2D eigenvalue weighted by atomic mass is 10.0. The number of benzene rings is 2. The van der Waals surface area contributed by atoms with Crippen LogP contribution >= 0.6 is 0 Å². The summed E-state index contributed by atoms with van der Waals surface area (Å²) in [6, 6.07) is 4.28. The molecule has 2 aromatic rings. The summed E-state index contributed by atoms with van der Waals surface area (Å²) in [6.45, 7) is 4.61. The summed E-state index contributed by atoms with van der Waals surface area (Å²) in [4.78, 5) is 18.0. The fraction of sp³-hybridized carbons (Fsp3) is 0.333. The summed E-state index contributed by atoms with van der Waals surface area (Å²) in [6.07, 6.45) is -3.46. The van der Waals surface area contributed by atoms with Gasteiger partial charge in [-0.2, -0.15) is 13.2 Å². The van der Waals surface area contributed by atoms with Crippen molar-refractivity contribution in [2.24, 2.45) is 4.99 Å².